The summed E-state index contributed by atoms with van der Waals surface area (Å²) in [4.78, 5) is 11.8. The minimum Gasteiger partial charge on any atom is -0.468 e. The van der Waals surface area contributed by atoms with E-state index in [9.17, 15) is 4.79 Å². The molecule has 1 heterocycles. The highest BCUT2D eigenvalue weighted by Gasteiger charge is 2.25. The molecule has 1 unspecified atom stereocenters. The summed E-state index contributed by atoms with van der Waals surface area (Å²) in [5.41, 5.74) is 0.950. The average molecular weight is 271 g/mol. The molecule has 0 saturated carbocycles. The molecule has 5 heteroatoms. The molecule has 0 amide bonds. The fourth-order valence-electron chi connectivity index (χ4n) is 2.10. The van der Waals surface area contributed by atoms with Gasteiger partial charge in [-0.15, -0.1) is 12.4 Å². The molecule has 2 N–H and O–H groups in total. The summed E-state index contributed by atoms with van der Waals surface area (Å²) < 4.78 is 4.86. The Balaban J connectivity index is 0.00000162. The number of carbonyl (C=O) groups is 1. The maximum absolute atomic E-state index is 11.8. The summed E-state index contributed by atoms with van der Waals surface area (Å²) in [5.74, 6) is -0.233. The van der Waals surface area contributed by atoms with E-state index in [-0.39, 0.29) is 24.4 Å². The monoisotopic (exact) mass is 270 g/mol. The molecule has 1 saturated heterocycles. The van der Waals surface area contributed by atoms with E-state index < -0.39 is 0 Å². The molecule has 4 nitrogen and oxygen atoms in total. The van der Waals surface area contributed by atoms with E-state index in [4.69, 9.17) is 4.74 Å². The third-order valence-corrected chi connectivity index (χ3v) is 3.03. The van der Waals surface area contributed by atoms with Gasteiger partial charge in [-0.05, 0) is 18.5 Å². The second-order valence-corrected chi connectivity index (χ2v) is 4.22. The average Bonchev–Trinajstić information content (AvgIpc) is 2.89. The number of rotatable bonds is 4. The Bertz CT molecular complexity index is 367. The van der Waals surface area contributed by atoms with Crippen molar-refractivity contribution in [3.05, 3.63) is 35.9 Å². The lowest BCUT2D eigenvalue weighted by atomic mass is 10.1. The Labute approximate surface area is 114 Å². The zero-order valence-electron chi connectivity index (χ0n) is 10.4. The minimum absolute atomic E-state index is 0. The smallest absolute Gasteiger partial charge is 0.327 e. The lowest BCUT2D eigenvalue weighted by Crippen LogP contribution is -2.38. The first kappa shape index (κ1) is 15.0. The van der Waals surface area contributed by atoms with Gasteiger partial charge < -0.3 is 10.1 Å². The topological polar surface area (TPSA) is 50.4 Å². The summed E-state index contributed by atoms with van der Waals surface area (Å²) in [6, 6.07) is 9.65. The lowest BCUT2D eigenvalue weighted by Gasteiger charge is -2.20. The van der Waals surface area contributed by atoms with Gasteiger partial charge in [0, 0.05) is 12.6 Å². The van der Waals surface area contributed by atoms with Crippen LogP contribution in [0.15, 0.2) is 30.3 Å². The molecule has 0 aromatic heterocycles. The van der Waals surface area contributed by atoms with Crippen molar-refractivity contribution in [2.75, 3.05) is 20.2 Å². The van der Waals surface area contributed by atoms with E-state index in [2.05, 4.69) is 10.6 Å². The van der Waals surface area contributed by atoms with Crippen LogP contribution < -0.4 is 10.6 Å². The first-order valence-corrected chi connectivity index (χ1v) is 5.91. The van der Waals surface area contributed by atoms with Gasteiger partial charge in [-0.1, -0.05) is 30.3 Å². The molecule has 0 aliphatic carbocycles. The van der Waals surface area contributed by atoms with E-state index >= 15 is 0 Å². The SMILES string of the molecule is COC(=O)[C@H](NC1CCNC1)c1ccccc1.Cl. The fourth-order valence-corrected chi connectivity index (χ4v) is 2.10. The van der Waals surface area contributed by atoms with E-state index in [1.807, 2.05) is 30.3 Å². The van der Waals surface area contributed by atoms with Crippen LogP contribution in [0.25, 0.3) is 0 Å². The molecule has 0 bridgehead atoms. The Hall–Kier alpha value is -1.10. The van der Waals surface area contributed by atoms with Gasteiger partial charge in [0.05, 0.1) is 7.11 Å². The van der Waals surface area contributed by atoms with Gasteiger partial charge in [0.25, 0.3) is 0 Å². The highest BCUT2D eigenvalue weighted by Crippen LogP contribution is 2.16. The van der Waals surface area contributed by atoms with Crippen LogP contribution in [0.2, 0.25) is 0 Å². The second-order valence-electron chi connectivity index (χ2n) is 4.22. The predicted molar refractivity (Wildman–Crippen MR) is 72.9 cm³/mol. The van der Waals surface area contributed by atoms with Gasteiger partial charge in [0.2, 0.25) is 0 Å². The normalized spacial score (nSPS) is 19.9. The van der Waals surface area contributed by atoms with Crippen molar-refractivity contribution in [3.63, 3.8) is 0 Å². The summed E-state index contributed by atoms with van der Waals surface area (Å²) in [6.07, 6.45) is 1.04. The molecule has 1 aromatic rings. The van der Waals surface area contributed by atoms with Crippen LogP contribution in [0.1, 0.15) is 18.0 Å². The van der Waals surface area contributed by atoms with Gasteiger partial charge in [-0.2, -0.15) is 0 Å². The third-order valence-electron chi connectivity index (χ3n) is 3.03. The molecule has 2 atom stereocenters. The van der Waals surface area contributed by atoms with Crippen molar-refractivity contribution < 1.29 is 9.53 Å². The zero-order valence-corrected chi connectivity index (χ0v) is 11.2. The van der Waals surface area contributed by atoms with Crippen molar-refractivity contribution in [2.45, 2.75) is 18.5 Å². The molecule has 18 heavy (non-hydrogen) atoms. The summed E-state index contributed by atoms with van der Waals surface area (Å²) in [5, 5.41) is 6.62. The quantitative estimate of drug-likeness (QED) is 0.809. The summed E-state index contributed by atoms with van der Waals surface area (Å²) >= 11 is 0. The van der Waals surface area contributed by atoms with Crippen molar-refractivity contribution in [1.82, 2.24) is 10.6 Å². The minimum atomic E-state index is -0.369. The fraction of sp³-hybridized carbons (Fsp3) is 0.462. The summed E-state index contributed by atoms with van der Waals surface area (Å²) in [6.45, 7) is 1.90. The highest BCUT2D eigenvalue weighted by molar-refractivity contribution is 5.85. The molecule has 2 rings (SSSR count). The number of ether oxygens (including phenoxy) is 1. The van der Waals surface area contributed by atoms with Crippen LogP contribution in [-0.4, -0.2) is 32.2 Å². The number of esters is 1. The maximum atomic E-state index is 11.8. The zero-order chi connectivity index (χ0) is 12.1. The van der Waals surface area contributed by atoms with Gasteiger partial charge in [0.1, 0.15) is 6.04 Å². The van der Waals surface area contributed by atoms with Gasteiger partial charge in [-0.3, -0.25) is 5.32 Å². The first-order valence-electron chi connectivity index (χ1n) is 5.91. The van der Waals surface area contributed by atoms with Crippen molar-refractivity contribution in [1.29, 1.82) is 0 Å². The molecule has 100 valence electrons. The van der Waals surface area contributed by atoms with Gasteiger partial charge in [-0.25, -0.2) is 4.79 Å². The highest BCUT2D eigenvalue weighted by atomic mass is 35.5. The van der Waals surface area contributed by atoms with Crippen LogP contribution in [0.5, 0.6) is 0 Å². The van der Waals surface area contributed by atoms with E-state index in [0.29, 0.717) is 6.04 Å². The molecule has 0 spiro atoms. The molecule has 1 fully saturated rings. The van der Waals surface area contributed by atoms with Crippen LogP contribution in [0.3, 0.4) is 0 Å². The number of methoxy groups -OCH3 is 1. The van der Waals surface area contributed by atoms with Gasteiger partial charge >= 0.3 is 5.97 Å². The number of halogens is 1. The maximum Gasteiger partial charge on any atom is 0.327 e. The van der Waals surface area contributed by atoms with E-state index in [0.717, 1.165) is 25.1 Å². The van der Waals surface area contributed by atoms with Crippen LogP contribution >= 0.6 is 12.4 Å². The molecule has 1 aromatic carbocycles. The van der Waals surface area contributed by atoms with Crippen molar-refractivity contribution in [3.8, 4) is 0 Å². The lowest BCUT2D eigenvalue weighted by molar-refractivity contribution is -0.143. The molecular weight excluding hydrogens is 252 g/mol. The Kier molecular flexibility index (Phi) is 6.12. The van der Waals surface area contributed by atoms with Crippen LogP contribution in [0, 0.1) is 0 Å². The third kappa shape index (κ3) is 3.70. The van der Waals surface area contributed by atoms with Crippen LogP contribution in [0.4, 0.5) is 0 Å². The number of hydrogen-bond acceptors (Lipinski definition) is 4. The number of nitrogens with one attached hydrogen (secondary N) is 2. The Morgan fingerprint density at radius 3 is 2.72 bits per heavy atom. The molecule has 0 radical (unpaired) electrons. The first-order chi connectivity index (χ1) is 8.31. The molecular formula is C13H19ClN2O2. The molecule has 1 aliphatic heterocycles. The predicted octanol–water partition coefficient (Wildman–Crippen LogP) is 1.27. The van der Waals surface area contributed by atoms with E-state index in [1.165, 1.54) is 7.11 Å². The Morgan fingerprint density at radius 1 is 1.44 bits per heavy atom. The number of carbonyl (C=O) groups excluding carboxylic acids is 1. The number of hydrogen-bond donors (Lipinski definition) is 2. The van der Waals surface area contributed by atoms with Crippen molar-refractivity contribution in [2.24, 2.45) is 0 Å². The summed E-state index contributed by atoms with van der Waals surface area (Å²) in [7, 11) is 1.42. The van der Waals surface area contributed by atoms with Crippen LogP contribution in [-0.2, 0) is 9.53 Å². The largest absolute Gasteiger partial charge is 0.468 e. The second kappa shape index (κ2) is 7.36. The molecule has 1 aliphatic rings. The van der Waals surface area contributed by atoms with E-state index in [1.54, 1.807) is 0 Å². The standard InChI is InChI=1S/C13H18N2O2.ClH/c1-17-13(16)12(10-5-3-2-4-6-10)15-11-7-8-14-9-11;/h2-6,11-12,14-15H,7-9H2,1H3;1H/t11?,12-;/m1./s1. The van der Waals surface area contributed by atoms with Crippen molar-refractivity contribution >= 4 is 18.4 Å². The number of benzene rings is 1. The Morgan fingerprint density at radius 2 is 2.17 bits per heavy atom. The van der Waals surface area contributed by atoms with Gasteiger partial charge in [0.15, 0.2) is 0 Å².